The van der Waals surface area contributed by atoms with Gasteiger partial charge in [-0.1, -0.05) is 30.4 Å². The molecule has 0 aliphatic heterocycles. The zero-order chi connectivity index (χ0) is 15.0. The monoisotopic (exact) mass is 318 g/mol. The van der Waals surface area contributed by atoms with E-state index in [4.69, 9.17) is 18.0 Å². The number of nitrogens with one attached hydrogen (secondary N) is 1. The van der Waals surface area contributed by atoms with E-state index in [1.54, 1.807) is 4.52 Å². The van der Waals surface area contributed by atoms with E-state index in [1.807, 2.05) is 32.0 Å². The molecular weight excluding hydrogens is 304 g/mol. The zero-order valence-electron chi connectivity index (χ0n) is 11.6. The molecule has 0 spiro atoms. The number of fused-ring (bicyclic) bond motifs is 1. The van der Waals surface area contributed by atoms with E-state index < -0.39 is 0 Å². The number of hydrogen-bond donors (Lipinski definition) is 2. The van der Waals surface area contributed by atoms with Gasteiger partial charge in [-0.05, 0) is 30.8 Å². The van der Waals surface area contributed by atoms with Crippen molar-refractivity contribution in [3.05, 3.63) is 29.6 Å². The molecule has 3 rings (SSSR count). The SMILES string of the molecule is CCc1nnc2sc(-c3cccc(NC(N)=S)c3C)nn12. The van der Waals surface area contributed by atoms with Gasteiger partial charge in [0.15, 0.2) is 10.9 Å². The number of benzene rings is 1. The van der Waals surface area contributed by atoms with E-state index in [0.717, 1.165) is 39.0 Å². The number of nitrogens with zero attached hydrogens (tertiary/aromatic N) is 4. The van der Waals surface area contributed by atoms with Crippen LogP contribution in [0.4, 0.5) is 5.69 Å². The summed E-state index contributed by atoms with van der Waals surface area (Å²) in [5.74, 6) is 0.863. The van der Waals surface area contributed by atoms with Gasteiger partial charge in [0.25, 0.3) is 0 Å². The molecular formula is C13H14N6S2. The fraction of sp³-hybridized carbons (Fsp3) is 0.231. The number of rotatable bonds is 3. The molecule has 0 saturated carbocycles. The van der Waals surface area contributed by atoms with Crippen LogP contribution in [0.3, 0.4) is 0 Å². The van der Waals surface area contributed by atoms with Gasteiger partial charge in [0.2, 0.25) is 4.96 Å². The van der Waals surface area contributed by atoms with Crippen LogP contribution in [0.2, 0.25) is 0 Å². The second-order valence-corrected chi connectivity index (χ2v) is 5.93. The van der Waals surface area contributed by atoms with Gasteiger partial charge in [0, 0.05) is 17.7 Å². The van der Waals surface area contributed by atoms with Crippen molar-refractivity contribution in [2.45, 2.75) is 20.3 Å². The third-order valence-electron chi connectivity index (χ3n) is 3.19. The summed E-state index contributed by atoms with van der Waals surface area (Å²) in [6.07, 6.45) is 0.798. The predicted molar refractivity (Wildman–Crippen MR) is 88.6 cm³/mol. The van der Waals surface area contributed by atoms with Crippen LogP contribution in [-0.4, -0.2) is 24.9 Å². The Balaban J connectivity index is 2.09. The van der Waals surface area contributed by atoms with Crippen LogP contribution in [0.25, 0.3) is 15.5 Å². The van der Waals surface area contributed by atoms with E-state index in [1.165, 1.54) is 11.3 Å². The van der Waals surface area contributed by atoms with Gasteiger partial charge in [-0.2, -0.15) is 9.61 Å². The molecule has 0 atom stereocenters. The second kappa shape index (κ2) is 5.38. The lowest BCUT2D eigenvalue weighted by molar-refractivity contribution is 0.837. The number of anilines is 1. The first-order chi connectivity index (χ1) is 10.1. The van der Waals surface area contributed by atoms with Crippen LogP contribution in [0.15, 0.2) is 18.2 Å². The van der Waals surface area contributed by atoms with Crippen LogP contribution in [-0.2, 0) is 6.42 Å². The first kappa shape index (κ1) is 13.9. The van der Waals surface area contributed by atoms with E-state index in [-0.39, 0.29) is 5.11 Å². The van der Waals surface area contributed by atoms with Crippen molar-refractivity contribution >= 4 is 39.3 Å². The summed E-state index contributed by atoms with van der Waals surface area (Å²) in [5.41, 5.74) is 8.53. The summed E-state index contributed by atoms with van der Waals surface area (Å²) < 4.78 is 1.80. The van der Waals surface area contributed by atoms with Crippen molar-refractivity contribution in [3.8, 4) is 10.6 Å². The lowest BCUT2D eigenvalue weighted by Gasteiger charge is -2.10. The summed E-state index contributed by atoms with van der Waals surface area (Å²) in [7, 11) is 0. The lowest BCUT2D eigenvalue weighted by Crippen LogP contribution is -2.19. The van der Waals surface area contributed by atoms with Crippen molar-refractivity contribution in [1.82, 2.24) is 19.8 Å². The Morgan fingerprint density at radius 1 is 1.43 bits per heavy atom. The number of hydrogen-bond acceptors (Lipinski definition) is 5. The van der Waals surface area contributed by atoms with Crippen LogP contribution in [0, 0.1) is 6.92 Å². The zero-order valence-corrected chi connectivity index (χ0v) is 13.3. The smallest absolute Gasteiger partial charge is 0.234 e. The first-order valence-corrected chi connectivity index (χ1v) is 7.70. The second-order valence-electron chi connectivity index (χ2n) is 4.54. The van der Waals surface area contributed by atoms with E-state index >= 15 is 0 Å². The Morgan fingerprint density at radius 2 is 2.24 bits per heavy atom. The van der Waals surface area contributed by atoms with Crippen LogP contribution < -0.4 is 11.1 Å². The molecule has 3 aromatic rings. The summed E-state index contributed by atoms with van der Waals surface area (Å²) in [4.78, 5) is 0.800. The van der Waals surface area contributed by atoms with Crippen molar-refractivity contribution in [2.24, 2.45) is 5.73 Å². The predicted octanol–water partition coefficient (Wildman–Crippen LogP) is 2.38. The highest BCUT2D eigenvalue weighted by atomic mass is 32.1. The molecule has 6 nitrogen and oxygen atoms in total. The molecule has 0 saturated heterocycles. The van der Waals surface area contributed by atoms with Crippen molar-refractivity contribution in [2.75, 3.05) is 5.32 Å². The Hall–Kier alpha value is -2.06. The maximum absolute atomic E-state index is 5.55. The minimum Gasteiger partial charge on any atom is -0.376 e. The molecule has 108 valence electrons. The van der Waals surface area contributed by atoms with Gasteiger partial charge >= 0.3 is 0 Å². The molecule has 3 N–H and O–H groups in total. The maximum atomic E-state index is 5.55. The Labute approximate surface area is 131 Å². The van der Waals surface area contributed by atoms with E-state index in [2.05, 4.69) is 20.6 Å². The lowest BCUT2D eigenvalue weighted by atomic mass is 10.1. The summed E-state index contributed by atoms with van der Waals surface area (Å²) in [5, 5.41) is 17.0. The molecule has 0 radical (unpaired) electrons. The van der Waals surface area contributed by atoms with Gasteiger partial charge in [-0.15, -0.1) is 10.2 Å². The summed E-state index contributed by atoms with van der Waals surface area (Å²) in [6, 6.07) is 5.92. The summed E-state index contributed by atoms with van der Waals surface area (Å²) in [6.45, 7) is 4.05. The number of nitrogens with two attached hydrogens (primary N) is 1. The van der Waals surface area contributed by atoms with Gasteiger partial charge in [-0.3, -0.25) is 0 Å². The van der Waals surface area contributed by atoms with Crippen LogP contribution in [0.1, 0.15) is 18.3 Å². The van der Waals surface area contributed by atoms with Crippen molar-refractivity contribution < 1.29 is 0 Å². The molecule has 0 bridgehead atoms. The van der Waals surface area contributed by atoms with Gasteiger partial charge in [0.1, 0.15) is 5.01 Å². The standard InChI is InChI=1S/C13H14N6S2/c1-3-10-16-17-13-19(10)18-11(21-13)8-5-4-6-9(7(8)2)15-12(14)20/h4-6H,3H2,1-2H3,(H3,14,15,20). The van der Waals surface area contributed by atoms with Gasteiger partial charge in [0.05, 0.1) is 0 Å². The third-order valence-corrected chi connectivity index (χ3v) is 4.23. The van der Waals surface area contributed by atoms with E-state index in [9.17, 15) is 0 Å². The maximum Gasteiger partial charge on any atom is 0.234 e. The number of aromatic nitrogens is 4. The van der Waals surface area contributed by atoms with Crippen molar-refractivity contribution in [1.29, 1.82) is 0 Å². The minimum atomic E-state index is 0.252. The molecule has 21 heavy (non-hydrogen) atoms. The Kier molecular flexibility index (Phi) is 3.56. The Bertz CT molecular complexity index is 819. The number of aryl methyl sites for hydroxylation is 1. The highest BCUT2D eigenvalue weighted by Crippen LogP contribution is 2.31. The average molecular weight is 318 g/mol. The molecule has 1 aromatic carbocycles. The van der Waals surface area contributed by atoms with Crippen molar-refractivity contribution in [3.63, 3.8) is 0 Å². The molecule has 0 aliphatic carbocycles. The Morgan fingerprint density at radius 3 is 2.95 bits per heavy atom. The molecule has 2 aromatic heterocycles. The molecule has 2 heterocycles. The van der Waals surface area contributed by atoms with Crippen LogP contribution >= 0.6 is 23.6 Å². The molecule has 8 heteroatoms. The number of thiocarbonyl (C=S) groups is 1. The molecule has 0 unspecified atom stereocenters. The normalized spacial score (nSPS) is 11.0. The molecule has 0 aliphatic rings. The fourth-order valence-corrected chi connectivity index (χ4v) is 3.17. The van der Waals surface area contributed by atoms with Crippen LogP contribution in [0.5, 0.6) is 0 Å². The van der Waals surface area contributed by atoms with Gasteiger partial charge < -0.3 is 11.1 Å². The first-order valence-electron chi connectivity index (χ1n) is 6.47. The minimum absolute atomic E-state index is 0.252. The topological polar surface area (TPSA) is 81.1 Å². The average Bonchev–Trinajstić information content (AvgIpc) is 3.00. The van der Waals surface area contributed by atoms with E-state index in [0.29, 0.717) is 0 Å². The molecule has 0 amide bonds. The summed E-state index contributed by atoms with van der Waals surface area (Å²) >= 11 is 6.41. The fourth-order valence-electron chi connectivity index (χ4n) is 2.12. The molecule has 0 fully saturated rings. The third kappa shape index (κ3) is 2.47. The van der Waals surface area contributed by atoms with Gasteiger partial charge in [-0.25, -0.2) is 0 Å². The highest BCUT2D eigenvalue weighted by molar-refractivity contribution is 7.80. The largest absolute Gasteiger partial charge is 0.376 e. The quantitative estimate of drug-likeness (QED) is 0.722. The highest BCUT2D eigenvalue weighted by Gasteiger charge is 2.14.